The van der Waals surface area contributed by atoms with Crippen molar-refractivity contribution in [2.45, 2.75) is 38.1 Å². The van der Waals surface area contributed by atoms with Gasteiger partial charge in [-0.1, -0.05) is 19.3 Å². The number of methoxy groups -OCH3 is 1. The van der Waals surface area contributed by atoms with Crippen LogP contribution in [0.25, 0.3) is 11.0 Å². The molecule has 182 valence electrons. The lowest BCUT2D eigenvalue weighted by molar-refractivity contribution is 0.0302. The predicted octanol–water partition coefficient (Wildman–Crippen LogP) is 3.80. The summed E-state index contributed by atoms with van der Waals surface area (Å²) in [7, 11) is 1.56. The standard InChI is InChI=1S/C25H29N7O3/c1-34-20-13-16(24(33)32-9-11-35-12-10-32)7-8-19(20)29-25-30-22-21(17(14-26)15-27-22)23(31-25)28-18-5-3-2-4-6-18/h7-8,13,15,18H,2-6,9-12H2,1H3,(H3,27,28,29,30,31). The summed E-state index contributed by atoms with van der Waals surface area (Å²) in [4.78, 5) is 27.1. The zero-order valence-corrected chi connectivity index (χ0v) is 19.8. The molecule has 2 aliphatic rings. The number of nitriles is 1. The van der Waals surface area contributed by atoms with Gasteiger partial charge in [-0.05, 0) is 31.0 Å². The third-order valence-electron chi connectivity index (χ3n) is 6.59. The van der Waals surface area contributed by atoms with E-state index in [4.69, 9.17) is 14.5 Å². The third kappa shape index (κ3) is 4.86. The Morgan fingerprint density at radius 2 is 2.03 bits per heavy atom. The highest BCUT2D eigenvalue weighted by molar-refractivity contribution is 5.96. The number of hydrogen-bond donors (Lipinski definition) is 3. The molecule has 2 fully saturated rings. The maximum atomic E-state index is 12.9. The van der Waals surface area contributed by atoms with Crippen LogP contribution in [0.15, 0.2) is 24.4 Å². The lowest BCUT2D eigenvalue weighted by Crippen LogP contribution is -2.40. The van der Waals surface area contributed by atoms with Crippen molar-refractivity contribution in [1.29, 1.82) is 5.26 Å². The molecule has 1 aromatic carbocycles. The molecule has 1 saturated heterocycles. The van der Waals surface area contributed by atoms with Gasteiger partial charge in [-0.2, -0.15) is 15.2 Å². The molecule has 0 spiro atoms. The Morgan fingerprint density at radius 1 is 1.23 bits per heavy atom. The molecule has 3 heterocycles. The normalized spacial score (nSPS) is 16.6. The fourth-order valence-corrected chi connectivity index (χ4v) is 4.72. The highest BCUT2D eigenvalue weighted by Gasteiger charge is 2.22. The molecule has 35 heavy (non-hydrogen) atoms. The summed E-state index contributed by atoms with van der Waals surface area (Å²) in [5.74, 6) is 1.47. The first-order valence-corrected chi connectivity index (χ1v) is 12.0. The fraction of sp³-hybridized carbons (Fsp3) is 0.440. The van der Waals surface area contributed by atoms with Gasteiger partial charge in [0.2, 0.25) is 5.95 Å². The first-order chi connectivity index (χ1) is 17.2. The Balaban J connectivity index is 1.43. The summed E-state index contributed by atoms with van der Waals surface area (Å²) in [5.41, 5.74) is 2.28. The highest BCUT2D eigenvalue weighted by atomic mass is 16.5. The van der Waals surface area contributed by atoms with Crippen molar-refractivity contribution in [3.05, 3.63) is 35.5 Å². The zero-order valence-electron chi connectivity index (χ0n) is 19.8. The number of hydrogen-bond acceptors (Lipinski definition) is 8. The average molecular weight is 476 g/mol. The van der Waals surface area contributed by atoms with Crippen molar-refractivity contribution in [3.8, 4) is 11.8 Å². The van der Waals surface area contributed by atoms with Gasteiger partial charge in [0.1, 0.15) is 23.3 Å². The molecule has 5 rings (SSSR count). The third-order valence-corrected chi connectivity index (χ3v) is 6.59. The number of nitrogens with zero attached hydrogens (tertiary/aromatic N) is 4. The molecular weight excluding hydrogens is 446 g/mol. The minimum absolute atomic E-state index is 0.0507. The molecule has 3 aromatic rings. The molecule has 0 unspecified atom stereocenters. The second-order valence-corrected chi connectivity index (χ2v) is 8.86. The van der Waals surface area contributed by atoms with Gasteiger partial charge in [0.15, 0.2) is 0 Å². The largest absolute Gasteiger partial charge is 0.495 e. The lowest BCUT2D eigenvalue weighted by Gasteiger charge is -2.27. The number of morpholine rings is 1. The molecule has 0 radical (unpaired) electrons. The van der Waals surface area contributed by atoms with Crippen LogP contribution >= 0.6 is 0 Å². The van der Waals surface area contributed by atoms with E-state index in [0.29, 0.717) is 77.7 Å². The number of fused-ring (bicyclic) bond motifs is 1. The van der Waals surface area contributed by atoms with Gasteiger partial charge in [-0.3, -0.25) is 4.79 Å². The number of rotatable bonds is 6. The van der Waals surface area contributed by atoms with Crippen molar-refractivity contribution in [1.82, 2.24) is 19.9 Å². The number of amides is 1. The number of aromatic nitrogens is 3. The molecule has 1 aliphatic heterocycles. The summed E-state index contributed by atoms with van der Waals surface area (Å²) >= 11 is 0. The van der Waals surface area contributed by atoms with Crippen molar-refractivity contribution in [2.75, 3.05) is 44.0 Å². The molecule has 0 bridgehead atoms. The van der Waals surface area contributed by atoms with Crippen molar-refractivity contribution < 1.29 is 14.3 Å². The number of H-pyrrole nitrogens is 1. The lowest BCUT2D eigenvalue weighted by atomic mass is 9.95. The second-order valence-electron chi connectivity index (χ2n) is 8.86. The van der Waals surface area contributed by atoms with E-state index in [1.807, 2.05) is 0 Å². The van der Waals surface area contributed by atoms with Gasteiger partial charge < -0.3 is 30.0 Å². The van der Waals surface area contributed by atoms with Crippen molar-refractivity contribution in [2.24, 2.45) is 0 Å². The maximum Gasteiger partial charge on any atom is 0.254 e. The predicted molar refractivity (Wildman–Crippen MR) is 132 cm³/mol. The Hall–Kier alpha value is -3.84. The highest BCUT2D eigenvalue weighted by Crippen LogP contribution is 2.32. The number of aromatic amines is 1. The molecule has 1 amide bonds. The molecular formula is C25H29N7O3. The van der Waals surface area contributed by atoms with Crippen LogP contribution < -0.4 is 15.4 Å². The number of anilines is 3. The summed E-state index contributed by atoms with van der Waals surface area (Å²) in [6.45, 7) is 2.25. The maximum absolute atomic E-state index is 12.9. The Labute approximate surface area is 203 Å². The molecule has 10 heteroatoms. The number of ether oxygens (including phenoxy) is 2. The molecule has 1 aliphatic carbocycles. The van der Waals surface area contributed by atoms with Crippen LogP contribution in [0.5, 0.6) is 5.75 Å². The van der Waals surface area contributed by atoms with Crippen LogP contribution in [0.3, 0.4) is 0 Å². The summed E-state index contributed by atoms with van der Waals surface area (Å²) in [6, 6.07) is 7.83. The SMILES string of the molecule is COc1cc(C(=O)N2CCOCC2)ccc1Nc1nc(NC2CCCCC2)c2c(C#N)c[nH]c2n1. The van der Waals surface area contributed by atoms with Crippen LogP contribution in [-0.4, -0.2) is 65.2 Å². The van der Waals surface area contributed by atoms with Crippen LogP contribution in [0.2, 0.25) is 0 Å². The van der Waals surface area contributed by atoms with Gasteiger partial charge in [-0.25, -0.2) is 0 Å². The quantitative estimate of drug-likeness (QED) is 0.491. The first-order valence-electron chi connectivity index (χ1n) is 12.0. The van der Waals surface area contributed by atoms with E-state index in [1.54, 1.807) is 36.4 Å². The molecule has 0 atom stereocenters. The summed E-state index contributed by atoms with van der Waals surface area (Å²) < 4.78 is 10.9. The summed E-state index contributed by atoms with van der Waals surface area (Å²) in [5, 5.41) is 17.0. The number of carbonyl (C=O) groups excluding carboxylic acids is 1. The van der Waals surface area contributed by atoms with Crippen LogP contribution in [0, 0.1) is 11.3 Å². The van der Waals surface area contributed by atoms with Gasteiger partial charge in [0.25, 0.3) is 5.91 Å². The molecule has 10 nitrogen and oxygen atoms in total. The summed E-state index contributed by atoms with van der Waals surface area (Å²) in [6.07, 6.45) is 7.42. The van der Waals surface area contributed by atoms with E-state index in [9.17, 15) is 10.1 Å². The topological polar surface area (TPSA) is 128 Å². The minimum atomic E-state index is -0.0507. The van der Waals surface area contributed by atoms with E-state index >= 15 is 0 Å². The van der Waals surface area contributed by atoms with Crippen LogP contribution in [0.4, 0.5) is 17.5 Å². The van der Waals surface area contributed by atoms with E-state index in [1.165, 1.54) is 19.3 Å². The van der Waals surface area contributed by atoms with E-state index in [0.717, 1.165) is 12.8 Å². The average Bonchev–Trinajstić information content (AvgIpc) is 3.33. The smallest absolute Gasteiger partial charge is 0.254 e. The molecule has 2 aromatic heterocycles. The number of carbonyl (C=O) groups is 1. The second kappa shape index (κ2) is 10.2. The van der Waals surface area contributed by atoms with E-state index < -0.39 is 0 Å². The minimum Gasteiger partial charge on any atom is -0.495 e. The Bertz CT molecular complexity index is 1250. The fourth-order valence-electron chi connectivity index (χ4n) is 4.72. The van der Waals surface area contributed by atoms with Gasteiger partial charge >= 0.3 is 0 Å². The number of benzene rings is 1. The van der Waals surface area contributed by atoms with Crippen LogP contribution in [0.1, 0.15) is 48.0 Å². The molecule has 3 N–H and O–H groups in total. The zero-order chi connectivity index (χ0) is 24.2. The Kier molecular flexibility index (Phi) is 6.68. The first kappa shape index (κ1) is 22.9. The van der Waals surface area contributed by atoms with E-state index in [-0.39, 0.29) is 5.91 Å². The van der Waals surface area contributed by atoms with Crippen molar-refractivity contribution >= 4 is 34.4 Å². The Morgan fingerprint density at radius 3 is 2.77 bits per heavy atom. The van der Waals surface area contributed by atoms with Gasteiger partial charge in [-0.15, -0.1) is 0 Å². The van der Waals surface area contributed by atoms with Crippen LogP contribution in [-0.2, 0) is 4.74 Å². The van der Waals surface area contributed by atoms with Gasteiger partial charge in [0.05, 0.1) is 37.0 Å². The van der Waals surface area contributed by atoms with Crippen molar-refractivity contribution in [3.63, 3.8) is 0 Å². The monoisotopic (exact) mass is 475 g/mol. The number of nitrogens with one attached hydrogen (secondary N) is 3. The van der Waals surface area contributed by atoms with E-state index in [2.05, 4.69) is 26.7 Å². The van der Waals surface area contributed by atoms with Gasteiger partial charge in [0, 0.05) is 30.9 Å². The molecule has 1 saturated carbocycles.